The first-order chi connectivity index (χ1) is 23.1. The Balaban J connectivity index is 1.76. The Morgan fingerprint density at radius 1 is 1.10 bits per heavy atom. The fourth-order valence-corrected chi connectivity index (χ4v) is 6.22. The van der Waals surface area contributed by atoms with E-state index in [4.69, 9.17) is 23.3 Å². The zero-order valence-electron chi connectivity index (χ0n) is 29.2. The van der Waals surface area contributed by atoms with E-state index in [9.17, 15) is 29.2 Å². The maximum absolute atomic E-state index is 15.4. The van der Waals surface area contributed by atoms with Gasteiger partial charge in [-0.2, -0.15) is 23.2 Å². The van der Waals surface area contributed by atoms with E-state index in [1.165, 1.54) is 25.1 Å². The van der Waals surface area contributed by atoms with E-state index >= 15 is 8.78 Å². The Bertz CT molecular complexity index is 1540. The van der Waals surface area contributed by atoms with Crippen molar-refractivity contribution in [2.45, 2.75) is 110 Å². The molecule has 1 fully saturated rings. The number of amides is 1. The predicted octanol–water partition coefficient (Wildman–Crippen LogP) is 3.49. The molecule has 4 N–H and O–H groups in total. The van der Waals surface area contributed by atoms with Crippen molar-refractivity contribution in [2.24, 2.45) is 5.92 Å². The fourth-order valence-electron chi connectivity index (χ4n) is 4.69. The number of carbonyl (C=O) groups excluding carboxylic acids is 3. The normalized spacial score (nSPS) is 21.3. The van der Waals surface area contributed by atoms with Crippen molar-refractivity contribution >= 4 is 25.9 Å². The minimum atomic E-state index is -4.26. The molecule has 1 saturated heterocycles. The maximum atomic E-state index is 15.4. The Labute approximate surface area is 289 Å². The monoisotopic (exact) mass is 731 g/mol. The predicted molar refractivity (Wildman–Crippen MR) is 176 cm³/mol. The lowest BCUT2D eigenvalue weighted by atomic mass is 9.97. The van der Waals surface area contributed by atoms with Crippen molar-refractivity contribution in [3.05, 3.63) is 58.8 Å². The van der Waals surface area contributed by atoms with Crippen LogP contribution in [0.5, 0.6) is 5.75 Å². The number of aliphatic hydroxyl groups is 1. The quantitative estimate of drug-likeness (QED) is 0.154. The Morgan fingerprint density at radius 2 is 1.74 bits per heavy atom. The molecule has 1 aliphatic heterocycles. The Morgan fingerprint density at radius 3 is 2.30 bits per heavy atom. The van der Waals surface area contributed by atoms with Crippen molar-refractivity contribution < 1.29 is 56.4 Å². The van der Waals surface area contributed by atoms with Gasteiger partial charge in [0.1, 0.15) is 24.4 Å². The highest BCUT2D eigenvalue weighted by Crippen LogP contribution is 2.54. The average Bonchev–Trinajstić information content (AvgIpc) is 3.21. The highest BCUT2D eigenvalue weighted by Gasteiger charge is 2.61. The lowest BCUT2D eigenvalue weighted by Gasteiger charge is -2.25. The van der Waals surface area contributed by atoms with Gasteiger partial charge in [0.15, 0.2) is 17.6 Å². The molecule has 0 aliphatic carbocycles. The zero-order valence-corrected chi connectivity index (χ0v) is 30.1. The number of ether oxygens (including phenoxy) is 3. The molecular weight excluding hydrogens is 685 g/mol. The average molecular weight is 732 g/mol. The van der Waals surface area contributed by atoms with Gasteiger partial charge >= 0.3 is 31.8 Å². The van der Waals surface area contributed by atoms with Gasteiger partial charge in [0, 0.05) is 6.20 Å². The molecule has 50 heavy (non-hydrogen) atoms. The first-order valence-electron chi connectivity index (χ1n) is 15.9. The number of esters is 1. The highest BCUT2D eigenvalue weighted by atomic mass is 31.2. The molecule has 1 aromatic heterocycles. The van der Waals surface area contributed by atoms with Gasteiger partial charge in [0.05, 0.1) is 24.3 Å². The number of hydrogen-bond donors (Lipinski definition) is 4. The van der Waals surface area contributed by atoms with E-state index < -0.39 is 92.8 Å². The molecule has 6 atom stereocenters. The molecule has 0 bridgehead atoms. The fraction of sp³-hybridized carbons (Fsp3) is 0.594. The summed E-state index contributed by atoms with van der Waals surface area (Å²) in [5.41, 5.74) is -2.06. The van der Waals surface area contributed by atoms with Gasteiger partial charge in [-0.3, -0.25) is 18.7 Å². The number of nitrogens with zero attached hydrogens (tertiary/aromatic N) is 2. The number of alkyl halides is 2. The summed E-state index contributed by atoms with van der Waals surface area (Å²) < 4.78 is 58.1. The number of aromatic nitrogens is 2. The van der Waals surface area contributed by atoms with Gasteiger partial charge in [-0.25, -0.2) is 9.59 Å². The molecule has 2 unspecified atom stereocenters. The standard InChI is InChI=1S/C32H45F2N4O11P/c1-18(2)25(36-30(43)48-31(6,7)8)23(39)16-21-14-15-38(29(42)35-21)28-32(33,34)26(40)24(47-28)17-45-50(44,49-22-12-10-9-11-13-22)37-20(5)27(41)46-19(3)4/h9-15,18-20,24-26,28,37,40,44H,16-17H2,1-8H3/p+1/t20-,24+,25+,26+,28?,50?/m0/s1. The number of halogens is 2. The van der Waals surface area contributed by atoms with Gasteiger partial charge in [-0.05, 0) is 65.7 Å². The summed E-state index contributed by atoms with van der Waals surface area (Å²) in [7, 11) is -4.26. The van der Waals surface area contributed by atoms with Crippen molar-refractivity contribution in [2.75, 3.05) is 6.61 Å². The van der Waals surface area contributed by atoms with E-state index in [1.54, 1.807) is 66.7 Å². The number of rotatable bonds is 15. The van der Waals surface area contributed by atoms with Crippen molar-refractivity contribution in [1.82, 2.24) is 20.0 Å². The molecule has 3 rings (SSSR count). The van der Waals surface area contributed by atoms with Gasteiger partial charge in [-0.15, -0.1) is 0 Å². The van der Waals surface area contributed by atoms with Gasteiger partial charge < -0.3 is 24.6 Å². The number of hydrogen-bond acceptors (Lipinski definition) is 13. The summed E-state index contributed by atoms with van der Waals surface area (Å²) in [6, 6.07) is 6.85. The third-order valence-electron chi connectivity index (χ3n) is 7.01. The van der Waals surface area contributed by atoms with E-state index in [-0.39, 0.29) is 17.4 Å². The van der Waals surface area contributed by atoms with Crippen LogP contribution < -0.4 is 20.6 Å². The van der Waals surface area contributed by atoms with E-state index in [0.29, 0.717) is 4.57 Å². The van der Waals surface area contributed by atoms with Gasteiger partial charge in [0.2, 0.25) is 6.23 Å². The smallest absolute Gasteiger partial charge is 0.462 e. The minimum Gasteiger partial charge on any atom is -0.462 e. The molecule has 15 nitrogen and oxygen atoms in total. The summed E-state index contributed by atoms with van der Waals surface area (Å²) in [5.74, 6) is -5.53. The third-order valence-corrected chi connectivity index (χ3v) is 8.68. The second kappa shape index (κ2) is 16.6. The largest absolute Gasteiger partial charge is 0.544 e. The van der Waals surface area contributed by atoms with Crippen LogP contribution in [0.2, 0.25) is 0 Å². The molecule has 0 radical (unpaired) electrons. The van der Waals surface area contributed by atoms with E-state index in [2.05, 4.69) is 15.4 Å². The molecular formula is C32H46F2N4O11P+. The van der Waals surface area contributed by atoms with E-state index in [1.807, 2.05) is 0 Å². The lowest BCUT2D eigenvalue weighted by Crippen LogP contribution is -2.47. The molecule has 278 valence electrons. The van der Waals surface area contributed by atoms with Crippen LogP contribution in [0.4, 0.5) is 13.6 Å². The van der Waals surface area contributed by atoms with Crippen molar-refractivity contribution in [1.29, 1.82) is 0 Å². The number of para-hydroxylation sites is 1. The van der Waals surface area contributed by atoms with Crippen LogP contribution in [-0.4, -0.2) is 85.9 Å². The summed E-state index contributed by atoms with van der Waals surface area (Å²) >= 11 is 0. The lowest BCUT2D eigenvalue weighted by molar-refractivity contribution is -0.149. The molecule has 1 aromatic carbocycles. The van der Waals surface area contributed by atoms with Gasteiger partial charge in [-0.1, -0.05) is 37.1 Å². The van der Waals surface area contributed by atoms with E-state index in [0.717, 1.165) is 6.20 Å². The summed E-state index contributed by atoms with van der Waals surface area (Å²) in [4.78, 5) is 65.7. The molecule has 0 spiro atoms. The van der Waals surface area contributed by atoms with Crippen LogP contribution in [0.3, 0.4) is 0 Å². The number of carbonyl (C=O) groups is 3. The molecule has 1 aliphatic rings. The molecule has 1 amide bonds. The first kappa shape index (κ1) is 40.8. The van der Waals surface area contributed by atoms with Crippen LogP contribution in [0.25, 0.3) is 0 Å². The summed E-state index contributed by atoms with van der Waals surface area (Å²) in [6.45, 7) is 12.2. The SMILES string of the molecule is CC(C)OC(=O)[C@H](C)N[P+](O)(OC[C@H]1OC(n2ccc(CC(=O)[C@H](NC(=O)OC(C)(C)C)C(C)C)nc2=O)C(F)(F)[C@@H]1O)Oc1ccccc1. The van der Waals surface area contributed by atoms with Crippen molar-refractivity contribution in [3.8, 4) is 5.75 Å². The number of nitrogens with one attached hydrogen (secondary N) is 2. The maximum Gasteiger partial charge on any atom is 0.544 e. The summed E-state index contributed by atoms with van der Waals surface area (Å²) in [6.07, 6.45) is -7.39. The molecule has 2 aromatic rings. The van der Waals surface area contributed by atoms with Gasteiger partial charge in [0.25, 0.3) is 0 Å². The number of Topliss-reactive ketones (excluding diaryl/α,β-unsaturated/α-hetero) is 1. The molecule has 0 saturated carbocycles. The third kappa shape index (κ3) is 11.2. The zero-order chi connectivity index (χ0) is 37.6. The summed E-state index contributed by atoms with van der Waals surface area (Å²) in [5, 5.41) is 15.6. The molecule has 2 heterocycles. The molecule has 18 heteroatoms. The van der Waals surface area contributed by atoms with Crippen LogP contribution >= 0.6 is 8.09 Å². The van der Waals surface area contributed by atoms with Crippen molar-refractivity contribution in [3.63, 3.8) is 0 Å². The second-order valence-corrected chi connectivity index (χ2v) is 15.1. The number of ketones is 1. The highest BCUT2D eigenvalue weighted by molar-refractivity contribution is 7.58. The van der Waals surface area contributed by atoms with Crippen LogP contribution in [0.15, 0.2) is 47.4 Å². The Hall–Kier alpha value is -3.60. The minimum absolute atomic E-state index is 0.0567. The number of alkyl carbamates (subject to hydrolysis) is 1. The van der Waals surface area contributed by atoms with Crippen LogP contribution in [-0.2, 0) is 34.7 Å². The topological polar surface area (TPSA) is 197 Å². The Kier molecular flexibility index (Phi) is 13.6. The van der Waals surface area contributed by atoms with Crippen LogP contribution in [0.1, 0.15) is 67.3 Å². The van der Waals surface area contributed by atoms with Crippen LogP contribution in [0, 0.1) is 5.92 Å². The number of aliphatic hydroxyl groups excluding tert-OH is 1. The number of benzene rings is 1. The first-order valence-corrected chi connectivity index (χ1v) is 17.5. The second-order valence-electron chi connectivity index (χ2n) is 13.3.